The molecule has 1 unspecified atom stereocenters. The summed E-state index contributed by atoms with van der Waals surface area (Å²) in [7, 11) is 0. The highest BCUT2D eigenvalue weighted by Crippen LogP contribution is 2.28. The van der Waals surface area contributed by atoms with Gasteiger partial charge >= 0.3 is 0 Å². The van der Waals surface area contributed by atoms with E-state index in [4.69, 9.17) is 0 Å². The molecule has 0 rings (SSSR count). The van der Waals surface area contributed by atoms with Gasteiger partial charge in [0.1, 0.15) is 5.78 Å². The predicted molar refractivity (Wildman–Crippen MR) is 62.3 cm³/mol. The van der Waals surface area contributed by atoms with Crippen LogP contribution in [0, 0.1) is 11.3 Å². The summed E-state index contributed by atoms with van der Waals surface area (Å²) in [5.74, 6) is 0.777. The normalized spacial score (nSPS) is 13.8. The van der Waals surface area contributed by atoms with Crippen LogP contribution in [0.2, 0.25) is 0 Å². The first-order valence-electron chi connectivity index (χ1n) is 5.45. The van der Waals surface area contributed by atoms with Crippen LogP contribution in [0.15, 0.2) is 12.2 Å². The van der Waals surface area contributed by atoms with Gasteiger partial charge in [-0.15, -0.1) is 0 Å². The number of hydrogen-bond donors (Lipinski definition) is 0. The molecule has 0 aromatic carbocycles. The van der Waals surface area contributed by atoms with Crippen LogP contribution >= 0.6 is 0 Å². The topological polar surface area (TPSA) is 17.1 Å². The number of hydrogen-bond acceptors (Lipinski definition) is 1. The van der Waals surface area contributed by atoms with Gasteiger partial charge in [-0.2, -0.15) is 0 Å². The summed E-state index contributed by atoms with van der Waals surface area (Å²) in [5, 5.41) is 0. The van der Waals surface area contributed by atoms with E-state index < -0.39 is 0 Å². The Morgan fingerprint density at radius 3 is 2.21 bits per heavy atom. The molecule has 0 aliphatic carbocycles. The Hall–Kier alpha value is -0.590. The van der Waals surface area contributed by atoms with Crippen LogP contribution in [0.25, 0.3) is 0 Å². The molecule has 0 heterocycles. The van der Waals surface area contributed by atoms with Crippen molar-refractivity contribution in [3.63, 3.8) is 0 Å². The van der Waals surface area contributed by atoms with Crippen molar-refractivity contribution in [1.29, 1.82) is 0 Å². The summed E-state index contributed by atoms with van der Waals surface area (Å²) in [6, 6.07) is 0. The molecule has 0 saturated heterocycles. The van der Waals surface area contributed by atoms with Crippen LogP contribution in [0.5, 0.6) is 0 Å². The molecule has 0 aliphatic heterocycles. The summed E-state index contributed by atoms with van der Waals surface area (Å²) in [4.78, 5) is 11.6. The van der Waals surface area contributed by atoms with Crippen molar-refractivity contribution < 1.29 is 4.79 Å². The van der Waals surface area contributed by atoms with E-state index in [0.717, 1.165) is 12.0 Å². The zero-order valence-corrected chi connectivity index (χ0v) is 10.3. The van der Waals surface area contributed by atoms with Crippen LogP contribution in [-0.2, 0) is 4.79 Å². The van der Waals surface area contributed by atoms with Crippen LogP contribution in [-0.4, -0.2) is 5.78 Å². The lowest BCUT2D eigenvalue weighted by atomic mass is 9.79. The third kappa shape index (κ3) is 5.21. The molecule has 0 saturated carbocycles. The van der Waals surface area contributed by atoms with Gasteiger partial charge < -0.3 is 0 Å². The molecule has 1 heteroatoms. The lowest BCUT2D eigenvalue weighted by Gasteiger charge is -2.26. The van der Waals surface area contributed by atoms with Crippen molar-refractivity contribution in [2.24, 2.45) is 11.3 Å². The third-order valence-corrected chi connectivity index (χ3v) is 2.96. The van der Waals surface area contributed by atoms with Gasteiger partial charge in [-0.05, 0) is 17.8 Å². The van der Waals surface area contributed by atoms with Gasteiger partial charge in [0.05, 0.1) is 0 Å². The van der Waals surface area contributed by atoms with Crippen molar-refractivity contribution in [1.82, 2.24) is 0 Å². The number of allylic oxidation sites excluding steroid dienone is 1. The summed E-state index contributed by atoms with van der Waals surface area (Å²) in [6.45, 7) is 14.6. The zero-order chi connectivity index (χ0) is 11.4. The smallest absolute Gasteiger partial charge is 0.137 e. The molecule has 0 spiro atoms. The van der Waals surface area contributed by atoms with Crippen molar-refractivity contribution >= 4 is 5.78 Å². The van der Waals surface area contributed by atoms with E-state index in [0.29, 0.717) is 24.5 Å². The third-order valence-electron chi connectivity index (χ3n) is 2.96. The second-order valence-electron chi connectivity index (χ2n) is 5.29. The molecule has 82 valence electrons. The van der Waals surface area contributed by atoms with Crippen LogP contribution in [0.1, 0.15) is 53.9 Å². The molecule has 0 amide bonds. The summed E-state index contributed by atoms with van der Waals surface area (Å²) in [5.41, 5.74) is 1.28. The van der Waals surface area contributed by atoms with Crippen LogP contribution in [0.4, 0.5) is 0 Å². The van der Waals surface area contributed by atoms with Gasteiger partial charge in [-0.25, -0.2) is 0 Å². The maximum atomic E-state index is 11.6. The van der Waals surface area contributed by atoms with E-state index in [-0.39, 0.29) is 5.41 Å². The van der Waals surface area contributed by atoms with Gasteiger partial charge in [-0.3, -0.25) is 4.79 Å². The van der Waals surface area contributed by atoms with E-state index in [2.05, 4.69) is 34.3 Å². The molecule has 0 aromatic heterocycles. The van der Waals surface area contributed by atoms with Gasteiger partial charge in [0.15, 0.2) is 0 Å². The molecule has 0 aliphatic rings. The highest BCUT2D eigenvalue weighted by Gasteiger charge is 2.22. The summed E-state index contributed by atoms with van der Waals surface area (Å²) >= 11 is 0. The van der Waals surface area contributed by atoms with Gasteiger partial charge in [-0.1, -0.05) is 46.8 Å². The van der Waals surface area contributed by atoms with Crippen LogP contribution in [0.3, 0.4) is 0 Å². The van der Waals surface area contributed by atoms with E-state index in [1.165, 1.54) is 0 Å². The number of carbonyl (C=O) groups excluding carboxylic acids is 1. The minimum Gasteiger partial charge on any atom is -0.299 e. The largest absolute Gasteiger partial charge is 0.299 e. The molecular weight excluding hydrogens is 172 g/mol. The first-order valence-corrected chi connectivity index (χ1v) is 5.45. The van der Waals surface area contributed by atoms with Gasteiger partial charge in [0, 0.05) is 12.8 Å². The SMILES string of the molecule is C=C(CC)CC(=O)CC(C)C(C)(C)C. The molecule has 0 radical (unpaired) electrons. The number of carbonyl (C=O) groups is 1. The van der Waals surface area contributed by atoms with E-state index in [9.17, 15) is 4.79 Å². The fraction of sp³-hybridized carbons (Fsp3) is 0.769. The second-order valence-corrected chi connectivity index (χ2v) is 5.29. The van der Waals surface area contributed by atoms with Crippen molar-refractivity contribution in [2.75, 3.05) is 0 Å². The summed E-state index contributed by atoms with van der Waals surface area (Å²) < 4.78 is 0. The molecule has 0 fully saturated rings. The van der Waals surface area contributed by atoms with Crippen molar-refractivity contribution in [3.05, 3.63) is 12.2 Å². The first kappa shape index (κ1) is 13.4. The van der Waals surface area contributed by atoms with Gasteiger partial charge in [0.25, 0.3) is 0 Å². The predicted octanol–water partition coefficient (Wildman–Crippen LogP) is 3.98. The Labute approximate surface area is 88.6 Å². The molecule has 1 nitrogen and oxygen atoms in total. The molecule has 0 aromatic rings. The van der Waals surface area contributed by atoms with Crippen molar-refractivity contribution in [3.8, 4) is 0 Å². The van der Waals surface area contributed by atoms with E-state index in [1.54, 1.807) is 0 Å². The lowest BCUT2D eigenvalue weighted by Crippen LogP contribution is -2.20. The Bertz CT molecular complexity index is 208. The Kier molecular flexibility index (Phi) is 5.11. The molecule has 1 atom stereocenters. The number of Topliss-reactive ketones (excluding diaryl/α,β-unsaturated/α-hetero) is 1. The highest BCUT2D eigenvalue weighted by molar-refractivity contribution is 5.80. The van der Waals surface area contributed by atoms with Gasteiger partial charge in [0.2, 0.25) is 0 Å². The van der Waals surface area contributed by atoms with E-state index in [1.807, 2.05) is 6.92 Å². The highest BCUT2D eigenvalue weighted by atomic mass is 16.1. The van der Waals surface area contributed by atoms with Crippen LogP contribution < -0.4 is 0 Å². The number of rotatable bonds is 5. The maximum absolute atomic E-state index is 11.6. The standard InChI is InChI=1S/C13H24O/c1-7-10(2)8-12(14)9-11(3)13(4,5)6/h11H,2,7-9H2,1,3-6H3. The Morgan fingerprint density at radius 1 is 1.36 bits per heavy atom. The lowest BCUT2D eigenvalue weighted by molar-refractivity contribution is -0.120. The molecule has 0 bridgehead atoms. The van der Waals surface area contributed by atoms with Crippen molar-refractivity contribution in [2.45, 2.75) is 53.9 Å². The molecule has 14 heavy (non-hydrogen) atoms. The Morgan fingerprint density at radius 2 is 1.86 bits per heavy atom. The fourth-order valence-corrected chi connectivity index (χ4v) is 1.12. The maximum Gasteiger partial charge on any atom is 0.137 e. The minimum atomic E-state index is 0.225. The fourth-order valence-electron chi connectivity index (χ4n) is 1.12. The summed E-state index contributed by atoms with van der Waals surface area (Å²) in [6.07, 6.45) is 2.16. The second kappa shape index (κ2) is 5.33. The average Bonchev–Trinajstić information content (AvgIpc) is 2.02. The Balaban J connectivity index is 4.01. The molecule has 0 N–H and O–H groups in total. The monoisotopic (exact) mass is 196 g/mol. The average molecular weight is 196 g/mol. The number of ketones is 1. The molecular formula is C13H24O. The first-order chi connectivity index (χ1) is 6.27. The van der Waals surface area contributed by atoms with E-state index >= 15 is 0 Å². The quantitative estimate of drug-likeness (QED) is 0.608. The zero-order valence-electron chi connectivity index (χ0n) is 10.3. The minimum absolute atomic E-state index is 0.225.